The predicted molar refractivity (Wildman–Crippen MR) is 81.1 cm³/mol. The lowest BCUT2D eigenvalue weighted by molar-refractivity contribution is 0.0802. The lowest BCUT2D eigenvalue weighted by Gasteiger charge is -2.24. The molecule has 112 valence electrons. The molecule has 0 atom stereocenters. The van der Waals surface area contributed by atoms with Gasteiger partial charge in [0.05, 0.1) is 0 Å². The van der Waals surface area contributed by atoms with E-state index in [1.165, 1.54) is 6.07 Å². The largest absolute Gasteiger partial charge is 0.342 e. The fourth-order valence-corrected chi connectivity index (χ4v) is 2.49. The van der Waals surface area contributed by atoms with E-state index >= 15 is 0 Å². The van der Waals surface area contributed by atoms with Crippen LogP contribution in [0.5, 0.6) is 0 Å². The number of benzene rings is 1. The molecule has 0 bridgehead atoms. The molecular formula is C15H22ClFN2O. The average Bonchev–Trinajstić information content (AvgIpc) is 2.46. The monoisotopic (exact) mass is 300 g/mol. The van der Waals surface area contributed by atoms with Crippen molar-refractivity contribution < 1.29 is 9.18 Å². The summed E-state index contributed by atoms with van der Waals surface area (Å²) in [4.78, 5) is 13.7. The second-order valence-electron chi connectivity index (χ2n) is 5.12. The lowest BCUT2D eigenvalue weighted by Crippen LogP contribution is -2.28. The van der Waals surface area contributed by atoms with Gasteiger partial charge in [0, 0.05) is 19.2 Å². The minimum atomic E-state index is -0.316. The van der Waals surface area contributed by atoms with E-state index in [-0.39, 0.29) is 24.1 Å². The van der Waals surface area contributed by atoms with Crippen molar-refractivity contribution in [1.82, 2.24) is 10.2 Å². The van der Waals surface area contributed by atoms with Crippen molar-refractivity contribution in [2.45, 2.75) is 25.7 Å². The molecule has 1 saturated heterocycles. The highest BCUT2D eigenvalue weighted by Gasteiger charge is 2.19. The van der Waals surface area contributed by atoms with Gasteiger partial charge in [-0.2, -0.15) is 0 Å². The molecule has 0 unspecified atom stereocenters. The fourth-order valence-electron chi connectivity index (χ4n) is 2.49. The van der Waals surface area contributed by atoms with Crippen LogP contribution in [0, 0.1) is 5.82 Å². The molecule has 5 heteroatoms. The van der Waals surface area contributed by atoms with Gasteiger partial charge >= 0.3 is 0 Å². The summed E-state index contributed by atoms with van der Waals surface area (Å²) in [5.74, 6) is -0.0727. The van der Waals surface area contributed by atoms with Crippen molar-refractivity contribution in [3.63, 3.8) is 0 Å². The first-order valence-corrected chi connectivity index (χ1v) is 6.88. The van der Waals surface area contributed by atoms with Gasteiger partial charge in [-0.3, -0.25) is 4.79 Å². The topological polar surface area (TPSA) is 32.3 Å². The zero-order chi connectivity index (χ0) is 13.8. The first-order valence-electron chi connectivity index (χ1n) is 6.88. The molecule has 2 rings (SSSR count). The van der Waals surface area contributed by atoms with Crippen LogP contribution in [0.1, 0.15) is 41.6 Å². The zero-order valence-electron chi connectivity index (χ0n) is 12.0. The van der Waals surface area contributed by atoms with Crippen molar-refractivity contribution in [2.24, 2.45) is 0 Å². The summed E-state index contributed by atoms with van der Waals surface area (Å²) >= 11 is 0. The normalized spacial score (nSPS) is 15.6. The molecular weight excluding hydrogens is 279 g/mol. The van der Waals surface area contributed by atoms with Gasteiger partial charge < -0.3 is 10.2 Å². The number of halogens is 2. The van der Waals surface area contributed by atoms with Crippen molar-refractivity contribution in [3.8, 4) is 0 Å². The van der Waals surface area contributed by atoms with Crippen LogP contribution in [0.15, 0.2) is 18.2 Å². The number of hydrogen-bond donors (Lipinski definition) is 1. The molecule has 1 fully saturated rings. The van der Waals surface area contributed by atoms with E-state index < -0.39 is 0 Å². The summed E-state index contributed by atoms with van der Waals surface area (Å²) in [5, 5.41) is 3.29. The minimum Gasteiger partial charge on any atom is -0.342 e. The SMILES string of the molecule is CCN(C)C(=O)c1cc(F)cc(C2CCNCC2)c1.Cl. The maximum Gasteiger partial charge on any atom is 0.253 e. The van der Waals surface area contributed by atoms with E-state index in [1.54, 1.807) is 18.0 Å². The number of carbonyl (C=O) groups is 1. The van der Waals surface area contributed by atoms with Crippen molar-refractivity contribution in [3.05, 3.63) is 35.1 Å². The molecule has 0 aromatic heterocycles. The van der Waals surface area contributed by atoms with E-state index in [0.29, 0.717) is 18.0 Å². The third-order valence-corrected chi connectivity index (χ3v) is 3.80. The lowest BCUT2D eigenvalue weighted by atomic mass is 9.89. The second kappa shape index (κ2) is 7.60. The Hall–Kier alpha value is -1.13. The van der Waals surface area contributed by atoms with Crippen LogP contribution in [0.2, 0.25) is 0 Å². The minimum absolute atomic E-state index is 0. The van der Waals surface area contributed by atoms with E-state index in [9.17, 15) is 9.18 Å². The zero-order valence-corrected chi connectivity index (χ0v) is 12.8. The smallest absolute Gasteiger partial charge is 0.253 e. The van der Waals surface area contributed by atoms with Gasteiger partial charge in [0.1, 0.15) is 5.82 Å². The Labute approximate surface area is 125 Å². The van der Waals surface area contributed by atoms with Crippen LogP contribution in [-0.2, 0) is 0 Å². The first kappa shape index (κ1) is 16.9. The van der Waals surface area contributed by atoms with Gasteiger partial charge in [0.2, 0.25) is 0 Å². The number of hydrogen-bond acceptors (Lipinski definition) is 2. The molecule has 1 N–H and O–H groups in total. The Kier molecular flexibility index (Phi) is 6.43. The number of carbonyl (C=O) groups excluding carboxylic acids is 1. The summed E-state index contributed by atoms with van der Waals surface area (Å²) in [5.41, 5.74) is 1.41. The molecule has 1 aromatic carbocycles. The van der Waals surface area contributed by atoms with Gasteiger partial charge in [-0.05, 0) is 62.5 Å². The van der Waals surface area contributed by atoms with Crippen LogP contribution in [0.25, 0.3) is 0 Å². The van der Waals surface area contributed by atoms with Crippen molar-refractivity contribution >= 4 is 18.3 Å². The summed E-state index contributed by atoms with van der Waals surface area (Å²) in [7, 11) is 1.73. The third-order valence-electron chi connectivity index (χ3n) is 3.80. The van der Waals surface area contributed by atoms with Crippen LogP contribution >= 0.6 is 12.4 Å². The van der Waals surface area contributed by atoms with Crippen LogP contribution in [0.3, 0.4) is 0 Å². The summed E-state index contributed by atoms with van der Waals surface area (Å²) in [6.45, 7) is 4.45. The molecule has 1 aliphatic rings. The van der Waals surface area contributed by atoms with Gasteiger partial charge in [0.15, 0.2) is 0 Å². The third kappa shape index (κ3) is 3.93. The quantitative estimate of drug-likeness (QED) is 0.931. The Balaban J connectivity index is 0.00000200. The molecule has 3 nitrogen and oxygen atoms in total. The van der Waals surface area contributed by atoms with Crippen LogP contribution < -0.4 is 5.32 Å². The summed E-state index contributed by atoms with van der Waals surface area (Å²) in [6.07, 6.45) is 2.00. The number of rotatable bonds is 3. The maximum absolute atomic E-state index is 13.7. The molecule has 1 heterocycles. The fraction of sp³-hybridized carbons (Fsp3) is 0.533. The molecule has 1 aromatic rings. The second-order valence-corrected chi connectivity index (χ2v) is 5.12. The highest BCUT2D eigenvalue weighted by Crippen LogP contribution is 2.27. The molecule has 1 amide bonds. The van der Waals surface area contributed by atoms with E-state index in [1.807, 2.05) is 13.0 Å². The van der Waals surface area contributed by atoms with Gasteiger partial charge in [0.25, 0.3) is 5.91 Å². The summed E-state index contributed by atoms with van der Waals surface area (Å²) < 4.78 is 13.7. The Morgan fingerprint density at radius 2 is 2.00 bits per heavy atom. The molecule has 0 radical (unpaired) electrons. The highest BCUT2D eigenvalue weighted by molar-refractivity contribution is 5.94. The molecule has 0 saturated carbocycles. The Bertz CT molecular complexity index is 461. The van der Waals surface area contributed by atoms with E-state index in [2.05, 4.69) is 5.32 Å². The number of amides is 1. The Morgan fingerprint density at radius 1 is 1.35 bits per heavy atom. The first-order chi connectivity index (χ1) is 9.11. The Morgan fingerprint density at radius 3 is 2.60 bits per heavy atom. The molecule has 0 spiro atoms. The highest BCUT2D eigenvalue weighted by atomic mass is 35.5. The maximum atomic E-state index is 13.7. The predicted octanol–water partition coefficient (Wildman–Crippen LogP) is 2.81. The van der Waals surface area contributed by atoms with E-state index in [4.69, 9.17) is 0 Å². The number of nitrogens with zero attached hydrogens (tertiary/aromatic N) is 1. The molecule has 0 aliphatic carbocycles. The van der Waals surface area contributed by atoms with E-state index in [0.717, 1.165) is 31.5 Å². The van der Waals surface area contributed by atoms with Crippen LogP contribution in [0.4, 0.5) is 4.39 Å². The van der Waals surface area contributed by atoms with Crippen molar-refractivity contribution in [2.75, 3.05) is 26.7 Å². The molecule has 1 aliphatic heterocycles. The standard InChI is InChI=1S/C15H21FN2O.ClH/c1-3-18(2)15(19)13-8-12(9-14(16)10-13)11-4-6-17-7-5-11;/h8-11,17H,3-7H2,1-2H3;1H. The number of nitrogens with one attached hydrogen (secondary N) is 1. The van der Waals surface area contributed by atoms with Gasteiger partial charge in [-0.25, -0.2) is 4.39 Å². The van der Waals surface area contributed by atoms with Crippen LogP contribution in [-0.4, -0.2) is 37.5 Å². The average molecular weight is 301 g/mol. The number of piperidine rings is 1. The summed E-state index contributed by atoms with van der Waals surface area (Å²) in [6, 6.07) is 4.76. The van der Waals surface area contributed by atoms with Gasteiger partial charge in [-0.15, -0.1) is 12.4 Å². The molecule has 20 heavy (non-hydrogen) atoms. The van der Waals surface area contributed by atoms with Crippen molar-refractivity contribution in [1.29, 1.82) is 0 Å². The van der Waals surface area contributed by atoms with Gasteiger partial charge in [-0.1, -0.05) is 0 Å².